The normalized spacial score (nSPS) is 21.0. The second-order valence-electron chi connectivity index (χ2n) is 6.47. The molecular weight excluding hydrogens is 318 g/mol. The summed E-state index contributed by atoms with van der Waals surface area (Å²) in [6.07, 6.45) is 5.52. The molecule has 7 heteroatoms. The van der Waals surface area contributed by atoms with Gasteiger partial charge in [0, 0.05) is 25.6 Å². The molecule has 0 bridgehead atoms. The van der Waals surface area contributed by atoms with E-state index in [0.717, 1.165) is 30.9 Å². The van der Waals surface area contributed by atoms with Gasteiger partial charge in [0.1, 0.15) is 11.9 Å². The number of amides is 1. The van der Waals surface area contributed by atoms with Gasteiger partial charge in [-0.15, -0.1) is 0 Å². The molecule has 1 fully saturated rings. The summed E-state index contributed by atoms with van der Waals surface area (Å²) in [5.74, 6) is 1.05. The molecule has 130 valence electrons. The number of hydrogen-bond acceptors (Lipinski definition) is 4. The SMILES string of the molecule is O=C([C@@H]1C=CCN1)N1CCC(c2n[nH]c(=O)n2-c2ccccc2)CC1. The average molecular weight is 339 g/mol. The Labute approximate surface area is 145 Å². The summed E-state index contributed by atoms with van der Waals surface area (Å²) in [4.78, 5) is 26.6. The van der Waals surface area contributed by atoms with Crippen molar-refractivity contribution in [2.75, 3.05) is 19.6 Å². The van der Waals surface area contributed by atoms with Crippen molar-refractivity contribution in [2.45, 2.75) is 24.8 Å². The molecule has 1 saturated heterocycles. The third-order valence-electron chi connectivity index (χ3n) is 4.93. The Bertz CT molecular complexity index is 831. The minimum absolute atomic E-state index is 0.134. The fourth-order valence-electron chi connectivity index (χ4n) is 3.60. The Kier molecular flexibility index (Phi) is 4.23. The number of piperidine rings is 1. The van der Waals surface area contributed by atoms with Gasteiger partial charge in [-0.2, -0.15) is 5.10 Å². The minimum atomic E-state index is -0.222. The van der Waals surface area contributed by atoms with E-state index in [1.807, 2.05) is 47.4 Å². The van der Waals surface area contributed by atoms with Gasteiger partial charge in [-0.1, -0.05) is 30.4 Å². The van der Waals surface area contributed by atoms with Crippen LogP contribution in [-0.2, 0) is 4.79 Å². The van der Waals surface area contributed by atoms with E-state index in [9.17, 15) is 9.59 Å². The quantitative estimate of drug-likeness (QED) is 0.810. The molecule has 4 rings (SSSR count). The number of H-pyrrole nitrogens is 1. The van der Waals surface area contributed by atoms with Crippen LogP contribution in [0.15, 0.2) is 47.3 Å². The standard InChI is InChI=1S/C18H21N5O2/c24-17(15-7-4-10-19-15)22-11-8-13(9-12-22)16-20-21-18(25)23(16)14-5-2-1-3-6-14/h1-7,13,15,19H,8-12H2,(H,21,25)/t15-/m0/s1. The van der Waals surface area contributed by atoms with E-state index in [1.54, 1.807) is 4.57 Å². The molecule has 25 heavy (non-hydrogen) atoms. The lowest BCUT2D eigenvalue weighted by molar-refractivity contribution is -0.133. The van der Waals surface area contributed by atoms with Gasteiger partial charge in [-0.05, 0) is 25.0 Å². The van der Waals surface area contributed by atoms with E-state index < -0.39 is 0 Å². The first-order valence-electron chi connectivity index (χ1n) is 8.65. The van der Waals surface area contributed by atoms with Gasteiger partial charge < -0.3 is 4.90 Å². The molecule has 0 unspecified atom stereocenters. The van der Waals surface area contributed by atoms with E-state index >= 15 is 0 Å². The van der Waals surface area contributed by atoms with Gasteiger partial charge in [0.2, 0.25) is 5.91 Å². The number of nitrogens with zero attached hydrogens (tertiary/aromatic N) is 3. The van der Waals surface area contributed by atoms with Gasteiger partial charge in [-0.3, -0.25) is 10.1 Å². The van der Waals surface area contributed by atoms with E-state index in [4.69, 9.17) is 0 Å². The number of likely N-dealkylation sites (tertiary alicyclic amines) is 1. The Hall–Kier alpha value is -2.67. The Morgan fingerprint density at radius 1 is 1.16 bits per heavy atom. The number of aromatic amines is 1. The molecule has 1 aromatic carbocycles. The van der Waals surface area contributed by atoms with E-state index in [0.29, 0.717) is 13.1 Å². The van der Waals surface area contributed by atoms with Crippen molar-refractivity contribution in [3.05, 3.63) is 58.8 Å². The van der Waals surface area contributed by atoms with Crippen LogP contribution in [0.2, 0.25) is 0 Å². The highest BCUT2D eigenvalue weighted by Crippen LogP contribution is 2.27. The highest BCUT2D eigenvalue weighted by molar-refractivity contribution is 5.84. The number of rotatable bonds is 3. The summed E-state index contributed by atoms with van der Waals surface area (Å²) in [5.41, 5.74) is 0.593. The minimum Gasteiger partial charge on any atom is -0.341 e. The third-order valence-corrected chi connectivity index (χ3v) is 4.93. The molecule has 3 heterocycles. The van der Waals surface area contributed by atoms with E-state index in [1.165, 1.54) is 0 Å². The van der Waals surface area contributed by atoms with Crippen LogP contribution in [0.1, 0.15) is 24.6 Å². The van der Waals surface area contributed by atoms with Gasteiger partial charge in [0.05, 0.1) is 5.69 Å². The summed E-state index contributed by atoms with van der Waals surface area (Å²) >= 11 is 0. The number of hydrogen-bond donors (Lipinski definition) is 2. The summed E-state index contributed by atoms with van der Waals surface area (Å²) in [5, 5.41) is 10.00. The summed E-state index contributed by atoms with van der Waals surface area (Å²) in [7, 11) is 0. The fourth-order valence-corrected chi connectivity index (χ4v) is 3.60. The molecule has 0 spiro atoms. The lowest BCUT2D eigenvalue weighted by Crippen LogP contribution is -2.46. The van der Waals surface area contributed by atoms with Gasteiger partial charge in [0.15, 0.2) is 0 Å². The molecule has 2 N–H and O–H groups in total. The van der Waals surface area contributed by atoms with Crippen LogP contribution in [0.25, 0.3) is 5.69 Å². The maximum Gasteiger partial charge on any atom is 0.347 e. The monoisotopic (exact) mass is 339 g/mol. The zero-order valence-corrected chi connectivity index (χ0v) is 13.9. The molecule has 7 nitrogen and oxygen atoms in total. The zero-order chi connectivity index (χ0) is 17.2. The molecular formula is C18H21N5O2. The predicted octanol–water partition coefficient (Wildman–Crippen LogP) is 0.795. The number of para-hydroxylation sites is 1. The van der Waals surface area contributed by atoms with Crippen molar-refractivity contribution >= 4 is 5.91 Å². The van der Waals surface area contributed by atoms with Crippen LogP contribution < -0.4 is 11.0 Å². The van der Waals surface area contributed by atoms with Crippen molar-refractivity contribution in [1.82, 2.24) is 25.0 Å². The molecule has 1 atom stereocenters. The number of aromatic nitrogens is 3. The number of nitrogens with one attached hydrogen (secondary N) is 2. The Morgan fingerprint density at radius 2 is 1.92 bits per heavy atom. The van der Waals surface area contributed by atoms with Crippen molar-refractivity contribution < 1.29 is 4.79 Å². The van der Waals surface area contributed by atoms with E-state index in [-0.39, 0.29) is 23.6 Å². The Balaban J connectivity index is 1.49. The second-order valence-corrected chi connectivity index (χ2v) is 6.47. The van der Waals surface area contributed by atoms with Crippen molar-refractivity contribution in [3.63, 3.8) is 0 Å². The van der Waals surface area contributed by atoms with Crippen molar-refractivity contribution in [2.24, 2.45) is 0 Å². The predicted molar refractivity (Wildman–Crippen MR) is 93.7 cm³/mol. The number of carbonyl (C=O) groups excluding carboxylic acids is 1. The average Bonchev–Trinajstić information content (AvgIpc) is 3.32. The van der Waals surface area contributed by atoms with Gasteiger partial charge in [0.25, 0.3) is 0 Å². The highest BCUT2D eigenvalue weighted by Gasteiger charge is 2.30. The molecule has 0 saturated carbocycles. The molecule has 2 aromatic rings. The van der Waals surface area contributed by atoms with Crippen LogP contribution in [-0.4, -0.2) is 51.2 Å². The first-order valence-corrected chi connectivity index (χ1v) is 8.65. The van der Waals surface area contributed by atoms with E-state index in [2.05, 4.69) is 15.5 Å². The van der Waals surface area contributed by atoms with Crippen molar-refractivity contribution in [3.8, 4) is 5.69 Å². The highest BCUT2D eigenvalue weighted by atomic mass is 16.2. The molecule has 0 aliphatic carbocycles. The molecule has 1 aromatic heterocycles. The zero-order valence-electron chi connectivity index (χ0n) is 13.9. The van der Waals surface area contributed by atoms with Crippen LogP contribution in [0.3, 0.4) is 0 Å². The van der Waals surface area contributed by atoms with Crippen LogP contribution >= 0.6 is 0 Å². The van der Waals surface area contributed by atoms with Gasteiger partial charge in [-0.25, -0.2) is 14.5 Å². The topological polar surface area (TPSA) is 83.0 Å². The third kappa shape index (κ3) is 3.02. The maximum atomic E-state index is 12.5. The summed E-state index contributed by atoms with van der Waals surface area (Å²) in [6, 6.07) is 9.34. The largest absolute Gasteiger partial charge is 0.347 e. The lowest BCUT2D eigenvalue weighted by atomic mass is 9.95. The Morgan fingerprint density at radius 3 is 2.60 bits per heavy atom. The van der Waals surface area contributed by atoms with Crippen molar-refractivity contribution in [1.29, 1.82) is 0 Å². The molecule has 2 aliphatic rings. The molecule has 2 aliphatic heterocycles. The fraction of sp³-hybridized carbons (Fsp3) is 0.389. The first kappa shape index (κ1) is 15.8. The lowest BCUT2D eigenvalue weighted by Gasteiger charge is -2.33. The van der Waals surface area contributed by atoms with Gasteiger partial charge >= 0.3 is 5.69 Å². The smallest absolute Gasteiger partial charge is 0.341 e. The maximum absolute atomic E-state index is 12.5. The number of benzene rings is 1. The molecule has 1 amide bonds. The van der Waals surface area contributed by atoms with Crippen LogP contribution in [0.5, 0.6) is 0 Å². The number of carbonyl (C=O) groups is 1. The molecule has 0 radical (unpaired) electrons. The summed E-state index contributed by atoms with van der Waals surface area (Å²) in [6.45, 7) is 2.13. The van der Waals surface area contributed by atoms with Crippen LogP contribution in [0.4, 0.5) is 0 Å². The summed E-state index contributed by atoms with van der Waals surface area (Å²) < 4.78 is 1.64. The van der Waals surface area contributed by atoms with Crippen LogP contribution in [0, 0.1) is 0 Å². The second kappa shape index (κ2) is 6.68. The first-order chi connectivity index (χ1) is 12.2.